The molecule has 3 aromatic rings. The van der Waals surface area contributed by atoms with Gasteiger partial charge < -0.3 is 9.47 Å². The fourth-order valence-corrected chi connectivity index (χ4v) is 4.85. The quantitative estimate of drug-likeness (QED) is 0.285. The Labute approximate surface area is 186 Å². The molecule has 7 nitrogen and oxygen atoms in total. The van der Waals surface area contributed by atoms with E-state index < -0.39 is 11.9 Å². The number of ether oxygens (including phenoxy) is 2. The molecule has 0 atom stereocenters. The number of nitrogens with zero attached hydrogens (tertiary/aromatic N) is 2. The highest BCUT2D eigenvalue weighted by Crippen LogP contribution is 2.30. The number of hydrogen-bond acceptors (Lipinski definition) is 8. The van der Waals surface area contributed by atoms with Gasteiger partial charge in [-0.25, -0.2) is 14.2 Å². The van der Waals surface area contributed by atoms with Gasteiger partial charge in [0.2, 0.25) is 0 Å². The van der Waals surface area contributed by atoms with Crippen LogP contribution in [0.15, 0.2) is 34.2 Å². The van der Waals surface area contributed by atoms with E-state index in [1.807, 2.05) is 0 Å². The summed E-state index contributed by atoms with van der Waals surface area (Å²) in [5, 5.41) is 0.641. The zero-order chi connectivity index (χ0) is 22.5. The summed E-state index contributed by atoms with van der Waals surface area (Å²) < 4.78 is 24.8. The van der Waals surface area contributed by atoms with Crippen LogP contribution in [-0.4, -0.2) is 40.5 Å². The monoisotopic (exact) mass is 464 g/mol. The molecule has 31 heavy (non-hydrogen) atoms. The Hall–Kier alpha value is -2.72. The van der Waals surface area contributed by atoms with Crippen LogP contribution in [0.4, 0.5) is 4.39 Å². The predicted octanol–water partition coefficient (Wildman–Crippen LogP) is 3.79. The smallest absolute Gasteiger partial charge is 0.348 e. The highest BCUT2D eigenvalue weighted by molar-refractivity contribution is 7.99. The second kappa shape index (κ2) is 10.1. The van der Waals surface area contributed by atoms with Gasteiger partial charge in [-0.2, -0.15) is 0 Å². The number of carbonyl (C=O) groups excluding carboxylic acids is 2. The maximum Gasteiger partial charge on any atom is 0.348 e. The van der Waals surface area contributed by atoms with Gasteiger partial charge in [0.1, 0.15) is 15.5 Å². The molecule has 0 aliphatic carbocycles. The van der Waals surface area contributed by atoms with E-state index in [4.69, 9.17) is 9.47 Å². The van der Waals surface area contributed by atoms with E-state index >= 15 is 0 Å². The van der Waals surface area contributed by atoms with Crippen molar-refractivity contribution in [3.63, 3.8) is 0 Å². The summed E-state index contributed by atoms with van der Waals surface area (Å²) in [5.74, 6) is -1.34. The molecule has 0 saturated heterocycles. The molecule has 164 valence electrons. The average molecular weight is 465 g/mol. The van der Waals surface area contributed by atoms with Crippen LogP contribution >= 0.6 is 23.1 Å². The Balaban J connectivity index is 2.10. The van der Waals surface area contributed by atoms with Crippen molar-refractivity contribution in [3.05, 3.63) is 56.4 Å². The Bertz CT molecular complexity index is 1170. The van der Waals surface area contributed by atoms with Crippen LogP contribution in [0.1, 0.15) is 34.6 Å². The fraction of sp³-hybridized carbons (Fsp3) is 0.333. The zero-order valence-corrected chi connectivity index (χ0v) is 18.9. The molecule has 0 aliphatic heterocycles. The number of hydrogen-bond donors (Lipinski definition) is 0. The molecule has 2 aromatic heterocycles. The first-order valence-electron chi connectivity index (χ1n) is 9.59. The van der Waals surface area contributed by atoms with Crippen LogP contribution in [0.25, 0.3) is 10.2 Å². The molecule has 0 radical (unpaired) electrons. The Kier molecular flexibility index (Phi) is 7.45. The first-order valence-corrected chi connectivity index (χ1v) is 11.4. The van der Waals surface area contributed by atoms with Crippen LogP contribution in [0.2, 0.25) is 0 Å². The fourth-order valence-electron chi connectivity index (χ4n) is 2.94. The van der Waals surface area contributed by atoms with E-state index in [9.17, 15) is 18.8 Å². The van der Waals surface area contributed by atoms with Gasteiger partial charge in [0.05, 0.1) is 30.9 Å². The van der Waals surface area contributed by atoms with E-state index in [0.29, 0.717) is 31.4 Å². The van der Waals surface area contributed by atoms with Gasteiger partial charge in [0, 0.05) is 0 Å². The molecule has 0 amide bonds. The highest BCUT2D eigenvalue weighted by atomic mass is 32.2. The lowest BCUT2D eigenvalue weighted by molar-refractivity contribution is -0.139. The van der Waals surface area contributed by atoms with Crippen LogP contribution in [0, 0.1) is 12.7 Å². The summed E-state index contributed by atoms with van der Waals surface area (Å²) in [6.07, 6.45) is 0. The van der Waals surface area contributed by atoms with Gasteiger partial charge in [-0.15, -0.1) is 11.3 Å². The van der Waals surface area contributed by atoms with Crippen LogP contribution in [0.5, 0.6) is 0 Å². The molecule has 0 N–H and O–H groups in total. The topological polar surface area (TPSA) is 87.5 Å². The second-order valence-electron chi connectivity index (χ2n) is 6.46. The minimum absolute atomic E-state index is 0.0235. The van der Waals surface area contributed by atoms with Crippen molar-refractivity contribution in [1.82, 2.24) is 9.55 Å². The van der Waals surface area contributed by atoms with Crippen molar-refractivity contribution in [2.45, 2.75) is 32.5 Å². The summed E-state index contributed by atoms with van der Waals surface area (Å²) in [5.41, 5.74) is 0.858. The number of aromatic nitrogens is 2. The third-order valence-electron chi connectivity index (χ3n) is 4.35. The largest absolute Gasteiger partial charge is 0.465 e. The van der Waals surface area contributed by atoms with E-state index in [2.05, 4.69) is 4.98 Å². The maximum absolute atomic E-state index is 13.4. The van der Waals surface area contributed by atoms with Crippen molar-refractivity contribution >= 4 is 45.3 Å². The number of aryl methyl sites for hydroxylation is 1. The summed E-state index contributed by atoms with van der Waals surface area (Å²) in [7, 11) is 0. The summed E-state index contributed by atoms with van der Waals surface area (Å²) in [6, 6.07) is 5.78. The van der Waals surface area contributed by atoms with Gasteiger partial charge in [0.15, 0.2) is 5.16 Å². The maximum atomic E-state index is 13.4. The molecule has 0 spiro atoms. The lowest BCUT2D eigenvalue weighted by Crippen LogP contribution is -2.24. The molecule has 0 saturated carbocycles. The average Bonchev–Trinajstić information content (AvgIpc) is 3.07. The number of thioether (sulfide) groups is 1. The number of carbonyl (C=O) groups is 2. The van der Waals surface area contributed by atoms with Gasteiger partial charge >= 0.3 is 11.9 Å². The van der Waals surface area contributed by atoms with Crippen LogP contribution in [0.3, 0.4) is 0 Å². The van der Waals surface area contributed by atoms with Crippen molar-refractivity contribution in [1.29, 1.82) is 0 Å². The molecular formula is C21H21FN2O5S2. The van der Waals surface area contributed by atoms with E-state index in [-0.39, 0.29) is 36.9 Å². The molecule has 3 rings (SSSR count). The van der Waals surface area contributed by atoms with Gasteiger partial charge in [-0.3, -0.25) is 14.2 Å². The van der Waals surface area contributed by atoms with E-state index in [0.717, 1.165) is 23.1 Å². The number of fused-ring (bicyclic) bond motifs is 1. The van der Waals surface area contributed by atoms with E-state index in [1.54, 1.807) is 32.9 Å². The highest BCUT2D eigenvalue weighted by Gasteiger charge is 2.23. The molecule has 2 heterocycles. The Morgan fingerprint density at radius 2 is 1.84 bits per heavy atom. The minimum Gasteiger partial charge on any atom is -0.465 e. The lowest BCUT2D eigenvalue weighted by atomic mass is 10.2. The van der Waals surface area contributed by atoms with Crippen molar-refractivity contribution in [2.75, 3.05) is 19.0 Å². The van der Waals surface area contributed by atoms with Crippen molar-refractivity contribution in [3.8, 4) is 0 Å². The second-order valence-corrected chi connectivity index (χ2v) is 8.40. The number of halogens is 1. The number of benzene rings is 1. The van der Waals surface area contributed by atoms with Gasteiger partial charge in [-0.1, -0.05) is 23.9 Å². The SMILES string of the molecule is CCOC(=O)CSc1nc2sc(C(=O)OCC)c(C)c2c(=O)n1Cc1ccc(F)cc1. The molecule has 10 heteroatoms. The number of thiophene rings is 1. The van der Waals surface area contributed by atoms with Crippen molar-refractivity contribution in [2.24, 2.45) is 0 Å². The number of esters is 2. The third-order valence-corrected chi connectivity index (χ3v) is 6.47. The van der Waals surface area contributed by atoms with Gasteiger partial charge in [0.25, 0.3) is 5.56 Å². The van der Waals surface area contributed by atoms with Gasteiger partial charge in [-0.05, 0) is 44.0 Å². The lowest BCUT2D eigenvalue weighted by Gasteiger charge is -2.12. The van der Waals surface area contributed by atoms with Crippen LogP contribution in [-0.2, 0) is 20.8 Å². The van der Waals surface area contributed by atoms with E-state index in [1.165, 1.54) is 16.7 Å². The minimum atomic E-state index is -0.506. The summed E-state index contributed by atoms with van der Waals surface area (Å²) in [6.45, 7) is 5.71. The van der Waals surface area contributed by atoms with Crippen LogP contribution < -0.4 is 5.56 Å². The molecule has 1 aromatic carbocycles. The normalized spacial score (nSPS) is 11.0. The number of rotatable bonds is 8. The molecule has 0 fully saturated rings. The van der Waals surface area contributed by atoms with Crippen molar-refractivity contribution < 1.29 is 23.5 Å². The standard InChI is InChI=1S/C21H21FN2O5S2/c1-4-28-15(25)11-30-21-23-18-16(12(3)17(31-18)20(27)29-5-2)19(26)24(21)10-13-6-8-14(22)9-7-13/h6-9H,4-5,10-11H2,1-3H3. The summed E-state index contributed by atoms with van der Waals surface area (Å²) in [4.78, 5) is 42.8. The Morgan fingerprint density at radius 1 is 1.16 bits per heavy atom. The first kappa shape index (κ1) is 23.0. The molecule has 0 bridgehead atoms. The molecule has 0 unspecified atom stereocenters. The predicted molar refractivity (Wildman–Crippen MR) is 117 cm³/mol. The molecular weight excluding hydrogens is 443 g/mol. The summed E-state index contributed by atoms with van der Waals surface area (Å²) >= 11 is 2.16. The third kappa shape index (κ3) is 5.13. The Morgan fingerprint density at radius 3 is 2.48 bits per heavy atom. The molecule has 0 aliphatic rings. The zero-order valence-electron chi connectivity index (χ0n) is 17.3. The first-order chi connectivity index (χ1) is 14.8.